The quantitative estimate of drug-likeness (QED) is 0.144. The van der Waals surface area contributed by atoms with Gasteiger partial charge in [0, 0.05) is 110 Å². The zero-order valence-electron chi connectivity index (χ0n) is 73.2. The van der Waals surface area contributed by atoms with Crippen LogP contribution in [-0.2, 0) is 5.41 Å². The number of para-hydroxylation sites is 10. The van der Waals surface area contributed by atoms with Crippen LogP contribution in [0.3, 0.4) is 0 Å². The molecule has 0 saturated heterocycles. The molecule has 0 unspecified atom stereocenters. The molecule has 28 aromatic rings. The van der Waals surface area contributed by atoms with Crippen LogP contribution in [0.1, 0.15) is 25.0 Å². The van der Waals surface area contributed by atoms with Gasteiger partial charge in [0.1, 0.15) is 0 Å². The van der Waals surface area contributed by atoms with Crippen molar-refractivity contribution in [3.63, 3.8) is 0 Å². The van der Waals surface area contributed by atoms with Gasteiger partial charge in [-0.15, -0.1) is 0 Å². The maximum absolute atomic E-state index is 5.48. The highest BCUT2D eigenvalue weighted by Gasteiger charge is 2.38. The van der Waals surface area contributed by atoms with Crippen molar-refractivity contribution in [3.05, 3.63) is 454 Å². The highest BCUT2D eigenvalue weighted by molar-refractivity contribution is 6.20. The van der Waals surface area contributed by atoms with Crippen LogP contribution in [0, 0.1) is 0 Å². The lowest BCUT2D eigenvalue weighted by atomic mass is 9.82. The Labute approximate surface area is 769 Å². The predicted molar refractivity (Wildman–Crippen MR) is 560 cm³/mol. The first-order chi connectivity index (χ1) is 66.2. The van der Waals surface area contributed by atoms with E-state index in [2.05, 4.69) is 455 Å². The molecule has 0 spiro atoms. The Balaban J connectivity index is 0.000000134. The van der Waals surface area contributed by atoms with Gasteiger partial charge in [-0.3, -0.25) is 0 Å². The number of fused-ring (bicyclic) bond motifs is 24. The average Bonchev–Trinajstić information content (AvgIpc) is 1.57. The van der Waals surface area contributed by atoms with Gasteiger partial charge >= 0.3 is 0 Å². The first kappa shape index (κ1) is 75.3. The Morgan fingerprint density at radius 2 is 0.537 bits per heavy atom. The molecule has 9 heteroatoms. The topological polar surface area (TPSA) is 76.2 Å². The fourth-order valence-electron chi connectivity index (χ4n) is 22.5. The van der Waals surface area contributed by atoms with Crippen molar-refractivity contribution in [2.75, 3.05) is 0 Å². The number of hydrogen-bond acceptors (Lipinski definition) is 4. The lowest BCUT2D eigenvalue weighted by Crippen LogP contribution is -2.14. The summed E-state index contributed by atoms with van der Waals surface area (Å²) in [5.74, 6) is 0. The minimum Gasteiger partial charge on any atom is -0.309 e. The molecule has 0 radical (unpaired) electrons. The lowest BCUT2D eigenvalue weighted by Gasteiger charge is -2.21. The lowest BCUT2D eigenvalue weighted by molar-refractivity contribution is 0.660. The van der Waals surface area contributed by atoms with Gasteiger partial charge in [0.2, 0.25) is 0 Å². The molecule has 0 amide bonds. The van der Waals surface area contributed by atoms with E-state index in [4.69, 9.17) is 19.9 Å². The molecule has 0 N–H and O–H groups in total. The summed E-state index contributed by atoms with van der Waals surface area (Å²) in [6.45, 7) is 4.66. The Kier molecular flexibility index (Phi) is 16.4. The molecule has 7 heterocycles. The molecular formula is C125H79N9. The van der Waals surface area contributed by atoms with Gasteiger partial charge in [-0.25, -0.2) is 19.9 Å². The maximum Gasteiger partial charge on any atom is 0.0980 e. The van der Waals surface area contributed by atoms with Crippen molar-refractivity contribution in [1.82, 2.24) is 42.8 Å². The van der Waals surface area contributed by atoms with Crippen LogP contribution >= 0.6 is 0 Å². The van der Waals surface area contributed by atoms with Gasteiger partial charge < -0.3 is 22.8 Å². The zero-order chi connectivity index (χ0) is 88.1. The molecule has 9 nitrogen and oxygen atoms in total. The normalized spacial score (nSPS) is 12.6. The van der Waals surface area contributed by atoms with Gasteiger partial charge in [0.25, 0.3) is 0 Å². The molecule has 21 aromatic carbocycles. The number of benzene rings is 21. The first-order valence-electron chi connectivity index (χ1n) is 46.1. The van der Waals surface area contributed by atoms with Gasteiger partial charge in [-0.2, -0.15) is 0 Å². The van der Waals surface area contributed by atoms with Crippen LogP contribution in [-0.4, -0.2) is 42.8 Å². The van der Waals surface area contributed by atoms with Gasteiger partial charge in [-0.05, 0) is 212 Å². The Hall–Kier alpha value is -17.7. The van der Waals surface area contributed by atoms with Crippen LogP contribution in [0.2, 0.25) is 0 Å². The number of rotatable bonds is 9. The average molecular weight is 1710 g/mol. The highest BCUT2D eigenvalue weighted by Crippen LogP contribution is 2.54. The fraction of sp³-hybridized carbons (Fsp3) is 0.0240. The molecule has 7 aromatic heterocycles. The summed E-state index contributed by atoms with van der Waals surface area (Å²) in [7, 11) is 0. The summed E-state index contributed by atoms with van der Waals surface area (Å²) in [6.07, 6.45) is 0. The van der Waals surface area contributed by atoms with Gasteiger partial charge in [0.05, 0.1) is 106 Å². The molecule has 0 bridgehead atoms. The van der Waals surface area contributed by atoms with Crippen molar-refractivity contribution in [2.24, 2.45) is 0 Å². The summed E-state index contributed by atoms with van der Waals surface area (Å²) in [6, 6.07) is 161. The van der Waals surface area contributed by atoms with E-state index in [0.29, 0.717) is 0 Å². The van der Waals surface area contributed by atoms with Crippen LogP contribution < -0.4 is 0 Å². The highest BCUT2D eigenvalue weighted by atomic mass is 15.0. The molecular weight excluding hydrogens is 1630 g/mol. The molecule has 29 rings (SSSR count). The van der Waals surface area contributed by atoms with Crippen molar-refractivity contribution in [3.8, 4) is 84.6 Å². The summed E-state index contributed by atoms with van der Waals surface area (Å²) in [4.78, 5) is 21.8. The Morgan fingerprint density at radius 3 is 1.13 bits per heavy atom. The number of aromatic nitrogens is 9. The molecule has 0 aliphatic heterocycles. The van der Waals surface area contributed by atoms with Crippen LogP contribution in [0.5, 0.6) is 0 Å². The molecule has 1 aliphatic carbocycles. The van der Waals surface area contributed by atoms with E-state index < -0.39 is 0 Å². The third kappa shape index (κ3) is 11.4. The van der Waals surface area contributed by atoms with E-state index in [1.165, 1.54) is 131 Å². The first-order valence-corrected chi connectivity index (χ1v) is 46.1. The second kappa shape index (κ2) is 29.2. The van der Waals surface area contributed by atoms with E-state index in [1.807, 2.05) is 24.3 Å². The summed E-state index contributed by atoms with van der Waals surface area (Å²) in [5, 5.41) is 21.7. The SMILES string of the molecule is CC1(C)c2ccccc2-c2c(-c3nc4ccccc4nc3-c3ccc4cc(-n5c6cc(-n7c8ccccc8c8ccccc87)ccc6c6cc7ccccc7cc65)ccc4c3)cccc21.c1ccc(-n2c3ccccc3c3c(-c4nc5ccccc5nc4-c4ccc5c(-n6c7cc(-n8c9ccccc9c9ccccc98)ccc7c7cc8ccccc8cc76)cccc5c4)cccc32)cc1. The molecule has 0 fully saturated rings. The van der Waals surface area contributed by atoms with Crippen LogP contribution in [0.4, 0.5) is 0 Å². The van der Waals surface area contributed by atoms with Crippen LogP contribution in [0.25, 0.3) is 259 Å². The monoisotopic (exact) mass is 1710 g/mol. The largest absolute Gasteiger partial charge is 0.309 e. The van der Waals surface area contributed by atoms with Crippen molar-refractivity contribution in [1.29, 1.82) is 0 Å². The van der Waals surface area contributed by atoms with E-state index in [1.54, 1.807) is 0 Å². The standard InChI is InChI=1S/C64H39N5.C61H40N4/c1-2-19-44(20-3-1)67-58-29-13-8-23-50(58)62-51(24-15-31-59(62)67)64-63(65-53-25-9-10-26-54(53)66-64)43-32-34-46-42(36-43)18-14-30-55(46)69-60-38-41-17-5-4-16-40(41)37-52(60)49-35-33-45(39-61(49)69)68-56-27-11-6-21-47(56)48-22-7-12-28-57(48)68;1-61(2)50-20-8-5-18-47(50)58-48(19-13-21-51(58)61)60-59(62-52-22-9-10-23-53(52)63-60)41-27-26-40-33-42(29-28-39(40)32-41)65-56-35-38-15-4-3-14-37(38)34-49(56)46-31-30-43(36-57(46)65)64-54-24-11-6-16-44(54)45-17-7-12-25-55(45)64/h1-39H;3-36H,1-2H3. The van der Waals surface area contributed by atoms with Gasteiger partial charge in [-0.1, -0.05) is 305 Å². The van der Waals surface area contributed by atoms with E-state index >= 15 is 0 Å². The zero-order valence-corrected chi connectivity index (χ0v) is 73.2. The van der Waals surface area contributed by atoms with Crippen LogP contribution in [0.15, 0.2) is 443 Å². The molecule has 0 atom stereocenters. The summed E-state index contributed by atoms with van der Waals surface area (Å²) in [5.41, 5.74) is 33.7. The number of nitrogens with zero attached hydrogens (tertiary/aromatic N) is 9. The molecule has 624 valence electrons. The second-order valence-electron chi connectivity index (χ2n) is 36.3. The van der Waals surface area contributed by atoms with Crippen molar-refractivity contribution < 1.29 is 0 Å². The molecule has 134 heavy (non-hydrogen) atoms. The van der Waals surface area contributed by atoms with Crippen molar-refractivity contribution in [2.45, 2.75) is 19.3 Å². The Bertz CT molecular complexity index is 9800. The third-order valence-electron chi connectivity index (χ3n) is 28.6. The second-order valence-corrected chi connectivity index (χ2v) is 36.3. The van der Waals surface area contributed by atoms with E-state index in [9.17, 15) is 0 Å². The maximum atomic E-state index is 5.48. The Morgan fingerprint density at radius 1 is 0.187 bits per heavy atom. The minimum absolute atomic E-state index is 0.122. The van der Waals surface area contributed by atoms with E-state index in [0.717, 1.165) is 139 Å². The van der Waals surface area contributed by atoms with Crippen molar-refractivity contribution >= 4 is 174 Å². The number of hydrogen-bond donors (Lipinski definition) is 0. The fourth-order valence-corrected chi connectivity index (χ4v) is 22.5. The van der Waals surface area contributed by atoms with Gasteiger partial charge in [0.15, 0.2) is 0 Å². The smallest absolute Gasteiger partial charge is 0.0980 e. The minimum atomic E-state index is -0.122. The summed E-state index contributed by atoms with van der Waals surface area (Å²) >= 11 is 0. The molecule has 1 aliphatic rings. The third-order valence-corrected chi connectivity index (χ3v) is 28.6. The summed E-state index contributed by atoms with van der Waals surface area (Å²) < 4.78 is 12.1. The van der Waals surface area contributed by atoms with E-state index in [-0.39, 0.29) is 5.41 Å². The predicted octanol–water partition coefficient (Wildman–Crippen LogP) is 32.3. The molecule has 0 saturated carbocycles.